The van der Waals surface area contributed by atoms with E-state index in [2.05, 4.69) is 0 Å². The Kier molecular flexibility index (Phi) is 89.9. The van der Waals surface area contributed by atoms with Crippen LogP contribution in [-0.2, 0) is 0 Å². The number of alkyl halides is 2. The molecule has 102 valence electrons. The molecule has 15 heavy (non-hydrogen) atoms. The first-order valence-corrected chi connectivity index (χ1v) is 4.30. The maximum atomic E-state index is 11.2. The van der Waals surface area contributed by atoms with Gasteiger partial charge in [-0.25, -0.2) is 0 Å². The Hall–Kier alpha value is -0.140. The number of hydrogen-bond acceptors (Lipinski definition) is 0. The van der Waals surface area contributed by atoms with E-state index >= 15 is 0 Å². The van der Waals surface area contributed by atoms with Crippen molar-refractivity contribution in [2.45, 2.75) is 69.7 Å². The standard InChI is InChI=1S/C5H11F.C4H9F.4CH4/c1-5(2)3-4-6;1-2-3-4-5;;;;/h5H,3-4H2,1-2H3;2-4H2,1H3;4*1H4. The van der Waals surface area contributed by atoms with E-state index in [4.69, 9.17) is 0 Å². The predicted molar refractivity (Wildman–Crippen MR) is 73.2 cm³/mol. The Bertz CT molecular complexity index is 52.5. The molecule has 0 atom stereocenters. The molecular weight excluding hydrogens is 194 g/mol. The highest BCUT2D eigenvalue weighted by molar-refractivity contribution is 4.39. The summed E-state index contributed by atoms with van der Waals surface area (Å²) in [5.74, 6) is 0.523. The van der Waals surface area contributed by atoms with Gasteiger partial charge in [0.2, 0.25) is 0 Å². The lowest BCUT2D eigenvalue weighted by atomic mass is 10.2. The SMILES string of the molecule is C.C.C.C.CC(C)CCF.CCCCF. The second-order valence-electron chi connectivity index (χ2n) is 2.91. The Morgan fingerprint density at radius 2 is 1.27 bits per heavy atom. The van der Waals surface area contributed by atoms with E-state index in [9.17, 15) is 8.78 Å². The average Bonchev–Trinajstić information content (AvgIpc) is 1.90. The molecule has 0 N–H and O–H groups in total. The summed E-state index contributed by atoms with van der Waals surface area (Å²) in [7, 11) is 0. The molecular formula is C13H36F2. The Balaban J connectivity index is -0.0000000215. The van der Waals surface area contributed by atoms with Crippen molar-refractivity contribution in [1.29, 1.82) is 0 Å². The third-order valence-corrected chi connectivity index (χ3v) is 1.17. The van der Waals surface area contributed by atoms with Crippen molar-refractivity contribution >= 4 is 0 Å². The normalized spacial score (nSPS) is 6.80. The third kappa shape index (κ3) is 82.5. The summed E-state index contributed by atoms with van der Waals surface area (Å²) in [5.41, 5.74) is 0. The van der Waals surface area contributed by atoms with E-state index in [1.807, 2.05) is 20.8 Å². The summed E-state index contributed by atoms with van der Waals surface area (Å²) in [5, 5.41) is 0. The van der Waals surface area contributed by atoms with Gasteiger partial charge in [0.25, 0.3) is 0 Å². The van der Waals surface area contributed by atoms with Crippen LogP contribution in [0.5, 0.6) is 0 Å². The first kappa shape index (κ1) is 36.4. The van der Waals surface area contributed by atoms with E-state index in [1.54, 1.807) is 0 Å². The lowest BCUT2D eigenvalue weighted by molar-refractivity contribution is 0.420. The van der Waals surface area contributed by atoms with Gasteiger partial charge < -0.3 is 0 Å². The average molecular weight is 230 g/mol. The van der Waals surface area contributed by atoms with Crippen molar-refractivity contribution in [3.05, 3.63) is 0 Å². The van der Waals surface area contributed by atoms with Crippen LogP contribution in [0.2, 0.25) is 0 Å². The van der Waals surface area contributed by atoms with E-state index in [0.29, 0.717) is 12.3 Å². The number of rotatable bonds is 4. The first-order valence-electron chi connectivity index (χ1n) is 4.30. The van der Waals surface area contributed by atoms with Crippen molar-refractivity contribution in [2.75, 3.05) is 13.3 Å². The van der Waals surface area contributed by atoms with Crippen LogP contribution in [0.3, 0.4) is 0 Å². The molecule has 0 aliphatic heterocycles. The van der Waals surface area contributed by atoms with Gasteiger partial charge in [0, 0.05) is 0 Å². The van der Waals surface area contributed by atoms with Gasteiger partial charge in [0.05, 0.1) is 13.3 Å². The van der Waals surface area contributed by atoms with Crippen LogP contribution < -0.4 is 0 Å². The summed E-state index contributed by atoms with van der Waals surface area (Å²) in [4.78, 5) is 0. The molecule has 0 spiro atoms. The number of halogens is 2. The zero-order valence-electron chi connectivity index (χ0n) is 7.87. The fourth-order valence-electron chi connectivity index (χ4n) is 0.352. The second kappa shape index (κ2) is 37.1. The lowest BCUT2D eigenvalue weighted by Crippen LogP contribution is -1.85. The van der Waals surface area contributed by atoms with Crippen molar-refractivity contribution in [1.82, 2.24) is 0 Å². The van der Waals surface area contributed by atoms with Gasteiger partial charge in [0.1, 0.15) is 0 Å². The van der Waals surface area contributed by atoms with Gasteiger partial charge in [-0.05, 0) is 18.8 Å². The van der Waals surface area contributed by atoms with E-state index in [1.165, 1.54) is 0 Å². The van der Waals surface area contributed by atoms with Crippen molar-refractivity contribution < 1.29 is 8.78 Å². The Morgan fingerprint density at radius 3 is 1.27 bits per heavy atom. The second-order valence-corrected chi connectivity index (χ2v) is 2.91. The Labute approximate surface area is 98.5 Å². The van der Waals surface area contributed by atoms with Crippen LogP contribution in [0.25, 0.3) is 0 Å². The number of hydrogen-bond donors (Lipinski definition) is 0. The highest BCUT2D eigenvalue weighted by atomic mass is 19.1. The fraction of sp³-hybridized carbons (Fsp3) is 1.00. The quantitative estimate of drug-likeness (QED) is 0.531. The largest absolute Gasteiger partial charge is 0.251 e. The molecule has 0 bridgehead atoms. The van der Waals surface area contributed by atoms with Gasteiger partial charge in [0.15, 0.2) is 0 Å². The van der Waals surface area contributed by atoms with E-state index in [-0.39, 0.29) is 43.1 Å². The van der Waals surface area contributed by atoms with Crippen LogP contribution in [0.1, 0.15) is 69.7 Å². The minimum Gasteiger partial charge on any atom is -0.251 e. The fourth-order valence-corrected chi connectivity index (χ4v) is 0.352. The Morgan fingerprint density at radius 1 is 0.867 bits per heavy atom. The maximum Gasteiger partial charge on any atom is 0.0896 e. The molecule has 0 saturated heterocycles. The summed E-state index contributed by atoms with van der Waals surface area (Å²) < 4.78 is 22.2. The van der Waals surface area contributed by atoms with E-state index in [0.717, 1.165) is 12.8 Å². The van der Waals surface area contributed by atoms with Gasteiger partial charge in [-0.1, -0.05) is 56.9 Å². The molecule has 0 heterocycles. The highest BCUT2D eigenvalue weighted by Crippen LogP contribution is 1.97. The van der Waals surface area contributed by atoms with Crippen molar-refractivity contribution in [2.24, 2.45) is 5.92 Å². The summed E-state index contributed by atoms with van der Waals surface area (Å²) in [6.07, 6.45) is 2.40. The van der Waals surface area contributed by atoms with Gasteiger partial charge in [-0.3, -0.25) is 8.78 Å². The maximum absolute atomic E-state index is 11.2. The van der Waals surface area contributed by atoms with Gasteiger partial charge in [-0.15, -0.1) is 0 Å². The predicted octanol–water partition coefficient (Wildman–Crippen LogP) is 6.30. The molecule has 0 amide bonds. The van der Waals surface area contributed by atoms with E-state index < -0.39 is 0 Å². The molecule has 0 saturated carbocycles. The minimum absolute atomic E-state index is 0. The molecule has 0 aromatic rings. The smallest absolute Gasteiger partial charge is 0.0896 e. The zero-order chi connectivity index (χ0) is 9.11. The van der Waals surface area contributed by atoms with Crippen molar-refractivity contribution in [3.8, 4) is 0 Å². The molecule has 0 aliphatic rings. The molecule has 0 fully saturated rings. The molecule has 0 aromatic heterocycles. The van der Waals surface area contributed by atoms with Gasteiger partial charge >= 0.3 is 0 Å². The monoisotopic (exact) mass is 230 g/mol. The summed E-state index contributed by atoms with van der Waals surface area (Å²) in [6.45, 7) is 5.67. The van der Waals surface area contributed by atoms with Crippen molar-refractivity contribution in [3.63, 3.8) is 0 Å². The molecule has 0 rings (SSSR count). The third-order valence-electron chi connectivity index (χ3n) is 1.17. The molecule has 0 aliphatic carbocycles. The highest BCUT2D eigenvalue weighted by Gasteiger charge is 1.87. The topological polar surface area (TPSA) is 0 Å². The molecule has 0 radical (unpaired) electrons. The first-order chi connectivity index (χ1) is 5.18. The van der Waals surface area contributed by atoms with Gasteiger partial charge in [-0.2, -0.15) is 0 Å². The molecule has 2 heteroatoms. The van der Waals surface area contributed by atoms with Crippen LogP contribution in [0, 0.1) is 5.92 Å². The lowest BCUT2D eigenvalue weighted by Gasteiger charge is -1.93. The van der Waals surface area contributed by atoms with Crippen LogP contribution >= 0.6 is 0 Å². The molecule has 0 unspecified atom stereocenters. The van der Waals surface area contributed by atoms with Crippen LogP contribution in [0.15, 0.2) is 0 Å². The summed E-state index contributed by atoms with van der Waals surface area (Å²) >= 11 is 0. The molecule has 0 nitrogen and oxygen atoms in total. The van der Waals surface area contributed by atoms with Crippen LogP contribution in [-0.4, -0.2) is 13.3 Å². The summed E-state index contributed by atoms with van der Waals surface area (Å²) in [6, 6.07) is 0. The molecule has 0 aromatic carbocycles. The van der Waals surface area contributed by atoms with Crippen LogP contribution in [0.4, 0.5) is 8.78 Å². The minimum atomic E-state index is -0.169. The number of unbranched alkanes of at least 4 members (excludes halogenated alkanes) is 1. The zero-order valence-corrected chi connectivity index (χ0v) is 7.87.